The molecule has 2 aliphatic rings. The Bertz CT molecular complexity index is 1010. The van der Waals surface area contributed by atoms with Gasteiger partial charge in [-0.2, -0.15) is 0 Å². The standard InChI is InChI=1S/C26H35NO6Si/c1-17-24(31-3)21-16-18(27-13-15-32-26(27)29)6-11-22(21)33-25(17)23(12-14-28)34(4,5)20-9-7-19(30-2)8-10-20/h6-11,16-17,23-25,28H,12-15H2,1-5H3/t17-,23?,24-,25-/m1/s1. The maximum Gasteiger partial charge on any atom is 0.414 e. The molecular weight excluding hydrogens is 450 g/mol. The quantitative estimate of drug-likeness (QED) is 0.567. The molecule has 0 bridgehead atoms. The summed E-state index contributed by atoms with van der Waals surface area (Å²) in [7, 11) is 1.33. The Morgan fingerprint density at radius 1 is 1.18 bits per heavy atom. The van der Waals surface area contributed by atoms with Crippen LogP contribution in [-0.2, 0) is 9.47 Å². The van der Waals surface area contributed by atoms with E-state index >= 15 is 0 Å². The van der Waals surface area contributed by atoms with Gasteiger partial charge in [0.1, 0.15) is 24.2 Å². The Balaban J connectivity index is 1.68. The zero-order valence-corrected chi connectivity index (χ0v) is 21.6. The van der Waals surface area contributed by atoms with E-state index in [1.165, 1.54) is 5.19 Å². The van der Waals surface area contributed by atoms with E-state index in [0.29, 0.717) is 19.6 Å². The second-order valence-electron chi connectivity index (χ2n) is 9.65. The van der Waals surface area contributed by atoms with Crippen molar-refractivity contribution in [1.29, 1.82) is 0 Å². The normalized spacial score (nSPS) is 23.2. The van der Waals surface area contributed by atoms with Crippen molar-refractivity contribution in [1.82, 2.24) is 0 Å². The zero-order chi connectivity index (χ0) is 24.5. The summed E-state index contributed by atoms with van der Waals surface area (Å²) in [6.07, 6.45) is 0.0287. The van der Waals surface area contributed by atoms with Gasteiger partial charge in [-0.1, -0.05) is 37.3 Å². The van der Waals surface area contributed by atoms with Crippen molar-refractivity contribution >= 4 is 25.0 Å². The molecule has 7 nitrogen and oxygen atoms in total. The molecule has 0 spiro atoms. The first-order chi connectivity index (χ1) is 16.3. The molecule has 0 aliphatic carbocycles. The highest BCUT2D eigenvalue weighted by Crippen LogP contribution is 2.48. The molecule has 1 amide bonds. The number of hydrogen-bond donors (Lipinski definition) is 1. The summed E-state index contributed by atoms with van der Waals surface area (Å²) in [6.45, 7) is 7.86. The van der Waals surface area contributed by atoms with Crippen LogP contribution in [0.15, 0.2) is 42.5 Å². The highest BCUT2D eigenvalue weighted by molar-refractivity contribution is 6.91. The number of methoxy groups -OCH3 is 2. The van der Waals surface area contributed by atoms with E-state index in [1.54, 1.807) is 19.1 Å². The van der Waals surface area contributed by atoms with Crippen molar-refractivity contribution in [2.24, 2.45) is 5.92 Å². The summed E-state index contributed by atoms with van der Waals surface area (Å²) in [5.74, 6) is 1.66. The molecule has 2 aliphatic heterocycles. The molecule has 1 saturated heterocycles. The van der Waals surface area contributed by atoms with Crippen molar-refractivity contribution in [2.45, 2.75) is 44.2 Å². The number of aliphatic hydroxyl groups excluding tert-OH is 1. The highest BCUT2D eigenvalue weighted by Gasteiger charge is 2.47. The molecule has 2 aromatic rings. The monoisotopic (exact) mass is 485 g/mol. The number of amides is 1. The fourth-order valence-electron chi connectivity index (χ4n) is 5.47. The van der Waals surface area contributed by atoms with Crippen LogP contribution in [0.4, 0.5) is 10.5 Å². The average Bonchev–Trinajstić information content (AvgIpc) is 3.27. The van der Waals surface area contributed by atoms with E-state index in [1.807, 2.05) is 30.3 Å². The Kier molecular flexibility index (Phi) is 7.21. The molecule has 1 unspecified atom stereocenters. The van der Waals surface area contributed by atoms with Crippen LogP contribution < -0.4 is 19.6 Å². The maximum absolute atomic E-state index is 12.1. The number of anilines is 1. The number of aliphatic hydroxyl groups is 1. The third kappa shape index (κ3) is 4.42. The van der Waals surface area contributed by atoms with E-state index in [0.717, 1.165) is 22.7 Å². The van der Waals surface area contributed by atoms with Gasteiger partial charge < -0.3 is 24.1 Å². The molecule has 8 heteroatoms. The van der Waals surface area contributed by atoms with Crippen LogP contribution in [0.25, 0.3) is 0 Å². The minimum Gasteiger partial charge on any atom is -0.497 e. The third-order valence-corrected chi connectivity index (χ3v) is 11.8. The lowest BCUT2D eigenvalue weighted by Crippen LogP contribution is -2.54. The van der Waals surface area contributed by atoms with E-state index in [9.17, 15) is 9.90 Å². The van der Waals surface area contributed by atoms with Crippen molar-refractivity contribution < 1.29 is 28.8 Å². The number of nitrogens with zero attached hydrogens (tertiary/aromatic N) is 1. The smallest absolute Gasteiger partial charge is 0.414 e. The predicted molar refractivity (Wildman–Crippen MR) is 134 cm³/mol. The predicted octanol–water partition coefficient (Wildman–Crippen LogP) is 4.10. The summed E-state index contributed by atoms with van der Waals surface area (Å²) in [6, 6.07) is 14.1. The van der Waals surface area contributed by atoms with Gasteiger partial charge in [-0.05, 0) is 42.3 Å². The maximum atomic E-state index is 12.1. The van der Waals surface area contributed by atoms with Gasteiger partial charge in [0.05, 0.1) is 27.8 Å². The lowest BCUT2D eigenvalue weighted by molar-refractivity contribution is -0.0241. The summed E-state index contributed by atoms with van der Waals surface area (Å²) in [5, 5.41) is 11.3. The van der Waals surface area contributed by atoms with Gasteiger partial charge in [0.25, 0.3) is 0 Å². The van der Waals surface area contributed by atoms with Crippen molar-refractivity contribution in [3.8, 4) is 11.5 Å². The lowest BCUT2D eigenvalue weighted by atomic mass is 9.86. The SMILES string of the molecule is COc1ccc([Si](C)(C)C(CCO)[C@@H]2Oc3ccc(N4CCOC4=O)cc3[C@H](OC)[C@H]2C)cc1. The zero-order valence-electron chi connectivity index (χ0n) is 20.6. The number of cyclic esters (lactones) is 1. The summed E-state index contributed by atoms with van der Waals surface area (Å²) in [5.41, 5.74) is 1.90. The summed E-state index contributed by atoms with van der Waals surface area (Å²) < 4.78 is 23.1. The fraction of sp³-hybridized carbons (Fsp3) is 0.500. The van der Waals surface area contributed by atoms with Gasteiger partial charge in [-0.25, -0.2) is 4.79 Å². The largest absolute Gasteiger partial charge is 0.497 e. The van der Waals surface area contributed by atoms with E-state index < -0.39 is 8.07 Å². The summed E-state index contributed by atoms with van der Waals surface area (Å²) in [4.78, 5) is 13.7. The van der Waals surface area contributed by atoms with E-state index in [2.05, 4.69) is 32.2 Å². The van der Waals surface area contributed by atoms with Crippen LogP contribution in [0, 0.1) is 5.92 Å². The number of carbonyl (C=O) groups excluding carboxylic acids is 1. The topological polar surface area (TPSA) is 77.5 Å². The molecule has 1 fully saturated rings. The minimum atomic E-state index is -2.07. The van der Waals surface area contributed by atoms with Gasteiger partial charge in [0, 0.05) is 30.9 Å². The highest BCUT2D eigenvalue weighted by atomic mass is 28.3. The molecule has 4 rings (SSSR count). The molecule has 0 radical (unpaired) electrons. The first kappa shape index (κ1) is 24.6. The van der Waals surface area contributed by atoms with Crippen LogP contribution >= 0.6 is 0 Å². The average molecular weight is 486 g/mol. The molecular formula is C26H35NO6Si. The molecule has 0 aromatic heterocycles. The first-order valence-electron chi connectivity index (χ1n) is 11.8. The number of rotatable bonds is 8. The van der Waals surface area contributed by atoms with Crippen LogP contribution in [0.5, 0.6) is 11.5 Å². The first-order valence-corrected chi connectivity index (χ1v) is 14.9. The van der Waals surface area contributed by atoms with Crippen LogP contribution in [-0.4, -0.2) is 59.4 Å². The minimum absolute atomic E-state index is 0.0554. The van der Waals surface area contributed by atoms with Crippen LogP contribution in [0.3, 0.4) is 0 Å². The van der Waals surface area contributed by atoms with Gasteiger partial charge in [0.15, 0.2) is 0 Å². The van der Waals surface area contributed by atoms with E-state index in [-0.39, 0.29) is 36.4 Å². The Morgan fingerprint density at radius 2 is 1.91 bits per heavy atom. The van der Waals surface area contributed by atoms with Gasteiger partial charge in [-0.3, -0.25) is 4.90 Å². The Morgan fingerprint density at radius 3 is 2.50 bits per heavy atom. The van der Waals surface area contributed by atoms with Crippen LogP contribution in [0.1, 0.15) is 25.0 Å². The number of ether oxygens (including phenoxy) is 4. The summed E-state index contributed by atoms with van der Waals surface area (Å²) >= 11 is 0. The second-order valence-corrected chi connectivity index (χ2v) is 14.4. The van der Waals surface area contributed by atoms with E-state index in [4.69, 9.17) is 18.9 Å². The van der Waals surface area contributed by atoms with Crippen molar-refractivity contribution in [3.63, 3.8) is 0 Å². The molecule has 1 N–H and O–H groups in total. The fourth-order valence-corrected chi connectivity index (χ4v) is 8.97. The van der Waals surface area contributed by atoms with Crippen molar-refractivity contribution in [2.75, 3.05) is 38.9 Å². The molecule has 184 valence electrons. The number of carbonyl (C=O) groups is 1. The van der Waals surface area contributed by atoms with Crippen molar-refractivity contribution in [3.05, 3.63) is 48.0 Å². The molecule has 2 aromatic carbocycles. The number of hydrogen-bond acceptors (Lipinski definition) is 6. The molecule has 2 heterocycles. The molecule has 4 atom stereocenters. The Hall–Kier alpha value is -2.55. The second kappa shape index (κ2) is 9.97. The number of fused-ring (bicyclic) bond motifs is 1. The molecule has 34 heavy (non-hydrogen) atoms. The lowest BCUT2D eigenvalue weighted by Gasteiger charge is -2.45. The molecule has 0 saturated carbocycles. The third-order valence-electron chi connectivity index (χ3n) is 7.48. The van der Waals surface area contributed by atoms with Gasteiger partial charge >= 0.3 is 6.09 Å². The van der Waals surface area contributed by atoms with Gasteiger partial charge in [0.2, 0.25) is 0 Å². The van der Waals surface area contributed by atoms with Crippen LogP contribution in [0.2, 0.25) is 18.6 Å². The Labute approximate surface area is 202 Å². The number of benzene rings is 2. The van der Waals surface area contributed by atoms with Gasteiger partial charge in [-0.15, -0.1) is 0 Å².